The van der Waals surface area contributed by atoms with Gasteiger partial charge in [-0.3, -0.25) is 4.79 Å². The fourth-order valence-corrected chi connectivity index (χ4v) is 3.44. The number of benzene rings is 1. The molecule has 1 saturated carbocycles. The van der Waals surface area contributed by atoms with Gasteiger partial charge in [0.05, 0.1) is 6.61 Å². The monoisotopic (exact) mass is 348 g/mol. The van der Waals surface area contributed by atoms with Crippen LogP contribution in [0.2, 0.25) is 0 Å². The normalized spacial score (nSPS) is 23.5. The maximum absolute atomic E-state index is 12.8. The summed E-state index contributed by atoms with van der Waals surface area (Å²) >= 11 is 0. The van der Waals surface area contributed by atoms with Gasteiger partial charge in [-0.2, -0.15) is 0 Å². The molecule has 140 valence electrons. The number of nitrogens with zero attached hydrogens (tertiary/aromatic N) is 1. The quantitative estimate of drug-likeness (QED) is 0.730. The molecule has 0 aromatic heterocycles. The molecule has 0 aliphatic heterocycles. The van der Waals surface area contributed by atoms with Crippen LogP contribution in [0.3, 0.4) is 0 Å². The molecule has 5 nitrogen and oxygen atoms in total. The Bertz CT molecular complexity index is 544. The Hall–Kier alpha value is -1.59. The van der Waals surface area contributed by atoms with Crippen LogP contribution in [0.25, 0.3) is 0 Å². The van der Waals surface area contributed by atoms with Gasteiger partial charge in [0, 0.05) is 19.3 Å². The van der Waals surface area contributed by atoms with E-state index in [0.29, 0.717) is 12.5 Å². The Balaban J connectivity index is 1.88. The number of hydrogen-bond acceptors (Lipinski definition) is 4. The first-order valence-corrected chi connectivity index (χ1v) is 9.19. The van der Waals surface area contributed by atoms with Crippen molar-refractivity contribution in [1.82, 2.24) is 4.90 Å². The molecule has 25 heavy (non-hydrogen) atoms. The van der Waals surface area contributed by atoms with Crippen molar-refractivity contribution < 1.29 is 14.3 Å². The zero-order chi connectivity index (χ0) is 18.3. The van der Waals surface area contributed by atoms with Crippen LogP contribution in [0.4, 0.5) is 5.69 Å². The summed E-state index contributed by atoms with van der Waals surface area (Å²) in [6, 6.07) is 7.56. The van der Waals surface area contributed by atoms with Crippen LogP contribution in [0.5, 0.6) is 5.75 Å². The van der Waals surface area contributed by atoms with Crippen molar-refractivity contribution in [3.8, 4) is 5.75 Å². The lowest BCUT2D eigenvalue weighted by Crippen LogP contribution is -2.47. The van der Waals surface area contributed by atoms with Crippen molar-refractivity contribution in [1.29, 1.82) is 0 Å². The molecule has 0 spiro atoms. The summed E-state index contributed by atoms with van der Waals surface area (Å²) in [5.74, 6) is 1.29. The van der Waals surface area contributed by atoms with Gasteiger partial charge in [-0.05, 0) is 70.0 Å². The van der Waals surface area contributed by atoms with Gasteiger partial charge in [-0.25, -0.2) is 0 Å². The number of ether oxygens (including phenoxy) is 2. The van der Waals surface area contributed by atoms with Crippen molar-refractivity contribution in [2.45, 2.75) is 44.6 Å². The van der Waals surface area contributed by atoms with Crippen LogP contribution in [-0.2, 0) is 9.53 Å². The van der Waals surface area contributed by atoms with Crippen molar-refractivity contribution in [2.24, 2.45) is 5.92 Å². The highest BCUT2D eigenvalue weighted by molar-refractivity contribution is 5.97. The molecule has 1 aromatic rings. The summed E-state index contributed by atoms with van der Waals surface area (Å²) in [7, 11) is 5.75. The zero-order valence-corrected chi connectivity index (χ0v) is 16.0. The van der Waals surface area contributed by atoms with Gasteiger partial charge in [0.1, 0.15) is 11.4 Å². The molecule has 0 saturated heterocycles. The van der Waals surface area contributed by atoms with Gasteiger partial charge in [0.2, 0.25) is 0 Å². The number of nitrogens with one attached hydrogen (secondary N) is 1. The SMILES string of the molecule is CO[C@]1(C(=O)Nc2ccc(OCCCN(C)C)cc2)CCC[C@@H](C)C1. The molecule has 0 bridgehead atoms. The first-order valence-electron chi connectivity index (χ1n) is 9.19. The molecule has 2 atom stereocenters. The highest BCUT2D eigenvalue weighted by Crippen LogP contribution is 2.35. The Labute approximate surface area is 151 Å². The maximum atomic E-state index is 12.8. The summed E-state index contributed by atoms with van der Waals surface area (Å²) in [6.45, 7) is 3.88. The molecule has 1 fully saturated rings. The molecule has 5 heteroatoms. The number of amides is 1. The molecule has 0 unspecified atom stereocenters. The van der Waals surface area contributed by atoms with Crippen LogP contribution in [0, 0.1) is 5.92 Å². The highest BCUT2D eigenvalue weighted by atomic mass is 16.5. The summed E-state index contributed by atoms with van der Waals surface area (Å²) in [5, 5.41) is 3.01. The average molecular weight is 348 g/mol. The minimum absolute atomic E-state index is 0.0406. The molecule has 0 heterocycles. The fourth-order valence-electron chi connectivity index (χ4n) is 3.44. The number of rotatable bonds is 8. The van der Waals surface area contributed by atoms with E-state index in [9.17, 15) is 4.79 Å². The Kier molecular flexibility index (Phi) is 7.26. The summed E-state index contributed by atoms with van der Waals surface area (Å²) < 4.78 is 11.4. The molecular weight excluding hydrogens is 316 g/mol. The van der Waals surface area contributed by atoms with E-state index >= 15 is 0 Å². The lowest BCUT2D eigenvalue weighted by atomic mass is 9.78. The molecule has 1 amide bonds. The molecule has 0 radical (unpaired) electrons. The van der Waals surface area contributed by atoms with Crippen molar-refractivity contribution in [3.05, 3.63) is 24.3 Å². The second kappa shape index (κ2) is 9.20. The van der Waals surface area contributed by atoms with E-state index in [0.717, 1.165) is 50.1 Å². The van der Waals surface area contributed by atoms with Gasteiger partial charge < -0.3 is 19.7 Å². The van der Waals surface area contributed by atoms with E-state index < -0.39 is 5.60 Å². The first kappa shape index (κ1) is 19.7. The van der Waals surface area contributed by atoms with Crippen LogP contribution in [0.15, 0.2) is 24.3 Å². The van der Waals surface area contributed by atoms with Gasteiger partial charge >= 0.3 is 0 Å². The second-order valence-electron chi connectivity index (χ2n) is 7.38. The fraction of sp³-hybridized carbons (Fsp3) is 0.650. The Morgan fingerprint density at radius 1 is 1.32 bits per heavy atom. The summed E-state index contributed by atoms with van der Waals surface area (Å²) in [5.41, 5.74) is 0.0826. The van der Waals surface area contributed by atoms with E-state index in [4.69, 9.17) is 9.47 Å². The molecule has 1 aromatic carbocycles. The number of carbonyl (C=O) groups excluding carboxylic acids is 1. The Morgan fingerprint density at radius 3 is 2.64 bits per heavy atom. The third-order valence-electron chi connectivity index (χ3n) is 4.89. The predicted octanol–water partition coefficient (Wildman–Crippen LogP) is 3.55. The highest BCUT2D eigenvalue weighted by Gasteiger charge is 2.41. The maximum Gasteiger partial charge on any atom is 0.256 e. The average Bonchev–Trinajstić information content (AvgIpc) is 2.59. The molecule has 1 N–H and O–H groups in total. The Morgan fingerprint density at radius 2 is 2.04 bits per heavy atom. The van der Waals surface area contributed by atoms with Crippen molar-refractivity contribution in [3.63, 3.8) is 0 Å². The van der Waals surface area contributed by atoms with E-state index in [-0.39, 0.29) is 5.91 Å². The predicted molar refractivity (Wildman–Crippen MR) is 101 cm³/mol. The minimum Gasteiger partial charge on any atom is -0.494 e. The second-order valence-corrected chi connectivity index (χ2v) is 7.38. The van der Waals surface area contributed by atoms with Crippen molar-refractivity contribution in [2.75, 3.05) is 39.7 Å². The van der Waals surface area contributed by atoms with E-state index in [2.05, 4.69) is 31.2 Å². The number of anilines is 1. The molecule has 1 aliphatic carbocycles. The van der Waals surface area contributed by atoms with Crippen LogP contribution < -0.4 is 10.1 Å². The third kappa shape index (κ3) is 5.72. The summed E-state index contributed by atoms with van der Waals surface area (Å²) in [6.07, 6.45) is 4.75. The summed E-state index contributed by atoms with van der Waals surface area (Å²) in [4.78, 5) is 14.9. The molecule has 1 aliphatic rings. The van der Waals surface area contributed by atoms with E-state index in [1.165, 1.54) is 0 Å². The van der Waals surface area contributed by atoms with Crippen LogP contribution in [-0.4, -0.2) is 50.8 Å². The largest absolute Gasteiger partial charge is 0.494 e. The molecular formula is C20H32N2O3. The lowest BCUT2D eigenvalue weighted by molar-refractivity contribution is -0.143. The standard InChI is InChI=1S/C20H32N2O3/c1-16-7-5-12-20(15-16,24-4)19(23)21-17-8-10-18(11-9-17)25-14-6-13-22(2)3/h8-11,16H,5-7,12-15H2,1-4H3,(H,21,23)/t16-,20-/m1/s1. The minimum atomic E-state index is -0.695. The first-order chi connectivity index (χ1) is 11.9. The van der Waals surface area contributed by atoms with Gasteiger partial charge in [0.25, 0.3) is 5.91 Å². The lowest BCUT2D eigenvalue weighted by Gasteiger charge is -2.37. The van der Waals surface area contributed by atoms with Crippen LogP contribution >= 0.6 is 0 Å². The number of carbonyl (C=O) groups is 1. The smallest absolute Gasteiger partial charge is 0.256 e. The zero-order valence-electron chi connectivity index (χ0n) is 16.0. The van der Waals surface area contributed by atoms with Crippen molar-refractivity contribution >= 4 is 11.6 Å². The molecule has 2 rings (SSSR count). The van der Waals surface area contributed by atoms with E-state index in [1.807, 2.05) is 24.3 Å². The topological polar surface area (TPSA) is 50.8 Å². The van der Waals surface area contributed by atoms with Gasteiger partial charge in [0.15, 0.2) is 0 Å². The van der Waals surface area contributed by atoms with Gasteiger partial charge in [-0.1, -0.05) is 13.3 Å². The number of methoxy groups -OCH3 is 1. The van der Waals surface area contributed by atoms with E-state index in [1.54, 1.807) is 7.11 Å². The number of hydrogen-bond donors (Lipinski definition) is 1. The van der Waals surface area contributed by atoms with Gasteiger partial charge in [-0.15, -0.1) is 0 Å². The third-order valence-corrected chi connectivity index (χ3v) is 4.89. The van der Waals surface area contributed by atoms with Crippen LogP contribution in [0.1, 0.15) is 39.0 Å².